The van der Waals surface area contributed by atoms with Crippen LogP contribution < -0.4 is 9.64 Å². The maximum atomic E-state index is 5.54. The van der Waals surface area contributed by atoms with Crippen LogP contribution in [0, 0.1) is 6.92 Å². The Morgan fingerprint density at radius 2 is 1.83 bits per heavy atom. The summed E-state index contributed by atoms with van der Waals surface area (Å²) in [5, 5.41) is 0. The summed E-state index contributed by atoms with van der Waals surface area (Å²) in [6.07, 6.45) is 1.71. The van der Waals surface area contributed by atoms with Gasteiger partial charge in [0.15, 0.2) is 5.82 Å². The summed E-state index contributed by atoms with van der Waals surface area (Å²) in [7, 11) is 1.99. The number of para-hydroxylation sites is 1. The van der Waals surface area contributed by atoms with Gasteiger partial charge in [0.2, 0.25) is 0 Å². The van der Waals surface area contributed by atoms with E-state index in [1.807, 2.05) is 74.3 Å². The number of anilines is 2. The first-order valence-electron chi connectivity index (χ1n) is 7.91. The smallest absolute Gasteiger partial charge is 0.180 e. The molecule has 0 fully saturated rings. The molecule has 5 heteroatoms. The average Bonchev–Trinajstić information content (AvgIpc) is 2.62. The van der Waals surface area contributed by atoms with Gasteiger partial charge in [-0.15, -0.1) is 0 Å². The summed E-state index contributed by atoms with van der Waals surface area (Å²) < 4.78 is 5.54. The van der Waals surface area contributed by atoms with Crippen molar-refractivity contribution in [2.45, 2.75) is 13.8 Å². The Balaban J connectivity index is 1.99. The van der Waals surface area contributed by atoms with E-state index in [9.17, 15) is 0 Å². The second-order valence-electron chi connectivity index (χ2n) is 5.40. The molecule has 1 aromatic carbocycles. The monoisotopic (exact) mass is 320 g/mol. The summed E-state index contributed by atoms with van der Waals surface area (Å²) in [4.78, 5) is 15.6. The lowest BCUT2D eigenvalue weighted by Crippen LogP contribution is -2.12. The fraction of sp³-hybridized carbons (Fsp3) is 0.211. The summed E-state index contributed by atoms with van der Waals surface area (Å²) in [5.41, 5.74) is 2.66. The van der Waals surface area contributed by atoms with Crippen LogP contribution in [0.5, 0.6) is 5.75 Å². The number of pyridine rings is 1. The number of hydrogen-bond donors (Lipinski definition) is 0. The normalized spacial score (nSPS) is 10.5. The lowest BCUT2D eigenvalue weighted by atomic mass is 10.2. The molecule has 0 aliphatic carbocycles. The molecule has 5 nitrogen and oxygen atoms in total. The van der Waals surface area contributed by atoms with E-state index in [4.69, 9.17) is 4.74 Å². The van der Waals surface area contributed by atoms with E-state index >= 15 is 0 Å². The van der Waals surface area contributed by atoms with Crippen LogP contribution in [0.4, 0.5) is 11.5 Å². The Kier molecular flexibility index (Phi) is 4.70. The van der Waals surface area contributed by atoms with E-state index in [0.717, 1.165) is 22.9 Å². The SMILES string of the molecule is CCOc1ccnc(-c2nc(C)cc(N(C)c3ccccc3)n2)c1. The van der Waals surface area contributed by atoms with Gasteiger partial charge in [-0.2, -0.15) is 0 Å². The lowest BCUT2D eigenvalue weighted by Gasteiger charge is -2.19. The molecule has 2 aromatic heterocycles. The van der Waals surface area contributed by atoms with Gasteiger partial charge in [-0.25, -0.2) is 9.97 Å². The second-order valence-corrected chi connectivity index (χ2v) is 5.40. The second kappa shape index (κ2) is 7.08. The van der Waals surface area contributed by atoms with E-state index in [1.54, 1.807) is 6.20 Å². The predicted molar refractivity (Wildman–Crippen MR) is 95.7 cm³/mol. The van der Waals surface area contributed by atoms with Gasteiger partial charge < -0.3 is 9.64 Å². The Hall–Kier alpha value is -2.95. The lowest BCUT2D eigenvalue weighted by molar-refractivity contribution is 0.340. The molecule has 122 valence electrons. The quantitative estimate of drug-likeness (QED) is 0.711. The molecule has 0 aliphatic rings. The van der Waals surface area contributed by atoms with Crippen molar-refractivity contribution in [3.8, 4) is 17.3 Å². The Morgan fingerprint density at radius 1 is 1.04 bits per heavy atom. The van der Waals surface area contributed by atoms with Crippen molar-refractivity contribution in [2.24, 2.45) is 0 Å². The van der Waals surface area contributed by atoms with Gasteiger partial charge in [0.05, 0.1) is 6.61 Å². The zero-order valence-corrected chi connectivity index (χ0v) is 14.1. The Bertz CT molecular complexity index is 821. The van der Waals surface area contributed by atoms with Gasteiger partial charge in [0, 0.05) is 36.8 Å². The van der Waals surface area contributed by atoms with Crippen LogP contribution in [0.2, 0.25) is 0 Å². The molecule has 3 rings (SSSR count). The first kappa shape index (κ1) is 15.9. The molecule has 0 amide bonds. The number of benzene rings is 1. The van der Waals surface area contributed by atoms with Crippen LogP contribution in [-0.4, -0.2) is 28.6 Å². The molecule has 2 heterocycles. The Morgan fingerprint density at radius 3 is 2.58 bits per heavy atom. The number of rotatable bonds is 5. The molecule has 0 saturated heterocycles. The first-order chi connectivity index (χ1) is 11.7. The molecule has 0 atom stereocenters. The molecule has 24 heavy (non-hydrogen) atoms. The third kappa shape index (κ3) is 3.51. The molecule has 0 aliphatic heterocycles. The van der Waals surface area contributed by atoms with Gasteiger partial charge in [-0.3, -0.25) is 4.98 Å². The van der Waals surface area contributed by atoms with Gasteiger partial charge >= 0.3 is 0 Å². The van der Waals surface area contributed by atoms with Gasteiger partial charge in [-0.05, 0) is 32.0 Å². The van der Waals surface area contributed by atoms with Crippen LogP contribution in [0.25, 0.3) is 11.5 Å². The minimum atomic E-state index is 0.592. The highest BCUT2D eigenvalue weighted by atomic mass is 16.5. The molecule has 0 radical (unpaired) electrons. The number of ether oxygens (including phenoxy) is 1. The Labute approximate surface area is 142 Å². The first-order valence-corrected chi connectivity index (χ1v) is 7.91. The molecular weight excluding hydrogens is 300 g/mol. The van der Waals surface area contributed by atoms with Crippen molar-refractivity contribution in [1.29, 1.82) is 0 Å². The average molecular weight is 320 g/mol. The topological polar surface area (TPSA) is 51.1 Å². The van der Waals surface area contributed by atoms with Crippen molar-refractivity contribution in [3.63, 3.8) is 0 Å². The summed E-state index contributed by atoms with van der Waals surface area (Å²) in [5.74, 6) is 2.19. The highest BCUT2D eigenvalue weighted by Gasteiger charge is 2.11. The third-order valence-electron chi connectivity index (χ3n) is 3.60. The minimum Gasteiger partial charge on any atom is -0.494 e. The maximum Gasteiger partial charge on any atom is 0.180 e. The van der Waals surface area contributed by atoms with Crippen molar-refractivity contribution in [1.82, 2.24) is 15.0 Å². The summed E-state index contributed by atoms with van der Waals surface area (Å²) in [6.45, 7) is 4.52. The van der Waals surface area contributed by atoms with Crippen LogP contribution in [0.3, 0.4) is 0 Å². The highest BCUT2D eigenvalue weighted by molar-refractivity contribution is 5.62. The zero-order chi connectivity index (χ0) is 16.9. The molecule has 3 aromatic rings. The number of aryl methyl sites for hydroxylation is 1. The molecule has 0 unspecified atom stereocenters. The standard InChI is InChI=1S/C19H20N4O/c1-4-24-16-10-11-20-17(13-16)19-21-14(2)12-18(22-19)23(3)15-8-6-5-7-9-15/h5-13H,4H2,1-3H3. The van der Waals surface area contributed by atoms with Crippen molar-refractivity contribution in [2.75, 3.05) is 18.6 Å². The van der Waals surface area contributed by atoms with E-state index in [1.165, 1.54) is 0 Å². The van der Waals surface area contributed by atoms with E-state index in [2.05, 4.69) is 15.0 Å². The van der Waals surface area contributed by atoms with Crippen molar-refractivity contribution in [3.05, 3.63) is 60.4 Å². The van der Waals surface area contributed by atoms with Crippen LogP contribution in [0.15, 0.2) is 54.7 Å². The number of aromatic nitrogens is 3. The molecule has 0 saturated carbocycles. The van der Waals surface area contributed by atoms with Gasteiger partial charge in [0.25, 0.3) is 0 Å². The van der Waals surface area contributed by atoms with Crippen LogP contribution in [0.1, 0.15) is 12.6 Å². The van der Waals surface area contributed by atoms with Crippen LogP contribution >= 0.6 is 0 Å². The molecule has 0 N–H and O–H groups in total. The van der Waals surface area contributed by atoms with Gasteiger partial charge in [0.1, 0.15) is 17.3 Å². The summed E-state index contributed by atoms with van der Waals surface area (Å²) in [6, 6.07) is 15.8. The molecule has 0 spiro atoms. The van der Waals surface area contributed by atoms with Gasteiger partial charge in [-0.1, -0.05) is 18.2 Å². The third-order valence-corrected chi connectivity index (χ3v) is 3.60. The fourth-order valence-electron chi connectivity index (χ4n) is 2.41. The summed E-state index contributed by atoms with van der Waals surface area (Å²) >= 11 is 0. The number of nitrogens with zero attached hydrogens (tertiary/aromatic N) is 4. The van der Waals surface area contributed by atoms with E-state index < -0.39 is 0 Å². The maximum absolute atomic E-state index is 5.54. The highest BCUT2D eigenvalue weighted by Crippen LogP contribution is 2.25. The fourth-order valence-corrected chi connectivity index (χ4v) is 2.41. The van der Waals surface area contributed by atoms with E-state index in [-0.39, 0.29) is 0 Å². The zero-order valence-electron chi connectivity index (χ0n) is 14.1. The number of hydrogen-bond acceptors (Lipinski definition) is 5. The minimum absolute atomic E-state index is 0.592. The van der Waals surface area contributed by atoms with Crippen molar-refractivity contribution >= 4 is 11.5 Å². The predicted octanol–water partition coefficient (Wildman–Crippen LogP) is 4.01. The molecular formula is C19H20N4O. The van der Waals surface area contributed by atoms with E-state index in [0.29, 0.717) is 18.1 Å². The van der Waals surface area contributed by atoms with Crippen molar-refractivity contribution < 1.29 is 4.74 Å². The molecule has 0 bridgehead atoms. The van der Waals surface area contributed by atoms with Crippen LogP contribution in [-0.2, 0) is 0 Å². The largest absolute Gasteiger partial charge is 0.494 e.